The second-order valence-corrected chi connectivity index (χ2v) is 7.08. The summed E-state index contributed by atoms with van der Waals surface area (Å²) in [5, 5.41) is 0. The van der Waals surface area contributed by atoms with Gasteiger partial charge in [0.2, 0.25) is 10.5 Å². The lowest BCUT2D eigenvalue weighted by molar-refractivity contribution is 0.570. The van der Waals surface area contributed by atoms with E-state index in [0.717, 1.165) is 6.54 Å². The molecule has 0 aliphatic rings. The van der Waals surface area contributed by atoms with Crippen LogP contribution in [0.15, 0.2) is 0 Å². The summed E-state index contributed by atoms with van der Waals surface area (Å²) in [6, 6.07) is 0. The molecule has 4 heteroatoms. The van der Waals surface area contributed by atoms with Crippen LogP contribution in [0.5, 0.6) is 0 Å². The fourth-order valence-electron chi connectivity index (χ4n) is 0.602. The SMILES string of the molecule is CCCCN[Si](C)(C)O[Si]. The molecule has 3 radical (unpaired) electrons. The highest BCUT2D eigenvalue weighted by molar-refractivity contribution is 6.71. The van der Waals surface area contributed by atoms with Gasteiger partial charge >= 0.3 is 0 Å². The van der Waals surface area contributed by atoms with E-state index in [-0.39, 0.29) is 0 Å². The topological polar surface area (TPSA) is 21.3 Å². The molecule has 0 heterocycles. The van der Waals surface area contributed by atoms with Gasteiger partial charge in [-0.1, -0.05) is 13.3 Å². The average molecular weight is 174 g/mol. The van der Waals surface area contributed by atoms with Gasteiger partial charge in [0.05, 0.1) is 0 Å². The summed E-state index contributed by atoms with van der Waals surface area (Å²) in [7, 11) is 1.52. The van der Waals surface area contributed by atoms with Gasteiger partial charge in [0.1, 0.15) is 0 Å². The minimum absolute atomic E-state index is 1.07. The van der Waals surface area contributed by atoms with E-state index in [1.54, 1.807) is 0 Å². The Morgan fingerprint density at radius 3 is 2.50 bits per heavy atom. The molecule has 0 rings (SSSR count). The van der Waals surface area contributed by atoms with Crippen LogP contribution in [-0.4, -0.2) is 25.5 Å². The summed E-state index contributed by atoms with van der Waals surface area (Å²) >= 11 is 0. The molecule has 0 unspecified atom stereocenters. The van der Waals surface area contributed by atoms with E-state index < -0.39 is 8.48 Å². The van der Waals surface area contributed by atoms with Gasteiger partial charge in [-0.05, 0) is 26.1 Å². The molecule has 1 N–H and O–H groups in total. The molecule has 0 amide bonds. The lowest BCUT2D eigenvalue weighted by Crippen LogP contribution is -2.47. The first-order chi connectivity index (χ1) is 4.62. The van der Waals surface area contributed by atoms with Crippen LogP contribution in [0, 0.1) is 0 Å². The maximum Gasteiger partial charge on any atom is 0.251 e. The van der Waals surface area contributed by atoms with Crippen molar-refractivity contribution in [1.29, 1.82) is 0 Å². The highest BCUT2D eigenvalue weighted by atomic mass is 28.4. The van der Waals surface area contributed by atoms with E-state index in [4.69, 9.17) is 4.12 Å². The molecule has 0 spiro atoms. The van der Waals surface area contributed by atoms with Crippen LogP contribution in [0.3, 0.4) is 0 Å². The molecule has 0 aliphatic carbocycles. The van der Waals surface area contributed by atoms with Crippen LogP contribution in [0.1, 0.15) is 19.8 Å². The lowest BCUT2D eigenvalue weighted by atomic mass is 10.3. The number of rotatable bonds is 5. The average Bonchev–Trinajstić information content (AvgIpc) is 1.89. The Balaban J connectivity index is 3.28. The van der Waals surface area contributed by atoms with Crippen molar-refractivity contribution in [3.05, 3.63) is 0 Å². The van der Waals surface area contributed by atoms with Gasteiger partial charge in [0, 0.05) is 0 Å². The monoisotopic (exact) mass is 174 g/mol. The predicted octanol–water partition coefficient (Wildman–Crippen LogP) is 1.18. The Hall–Kier alpha value is 0.354. The Bertz CT molecular complexity index is 87.8. The molecular formula is C6H16NOSi2. The first-order valence-corrected chi connectivity index (χ1v) is 7.04. The van der Waals surface area contributed by atoms with Crippen LogP contribution in [0.2, 0.25) is 13.1 Å². The normalized spacial score (nSPS) is 12.0. The Morgan fingerprint density at radius 2 is 2.10 bits per heavy atom. The highest BCUT2D eigenvalue weighted by Crippen LogP contribution is 1.96. The molecule has 0 aromatic rings. The molecule has 0 bridgehead atoms. The standard InChI is InChI=1S/C6H16NOSi2/c1-4-5-6-7-10(2,3)8-9/h7H,4-6H2,1-3H3. The first-order valence-electron chi connectivity index (χ1n) is 3.72. The largest absolute Gasteiger partial charge is 0.446 e. The zero-order valence-electron chi connectivity index (χ0n) is 7.03. The first kappa shape index (κ1) is 10.4. The predicted molar refractivity (Wildman–Crippen MR) is 47.2 cm³/mol. The van der Waals surface area contributed by atoms with E-state index in [1.165, 1.54) is 12.8 Å². The van der Waals surface area contributed by atoms with Crippen LogP contribution in [0.25, 0.3) is 0 Å². The molecular weight excluding hydrogens is 158 g/mol. The van der Waals surface area contributed by atoms with E-state index >= 15 is 0 Å². The van der Waals surface area contributed by atoms with E-state index in [2.05, 4.69) is 35.5 Å². The number of hydrogen-bond donors (Lipinski definition) is 1. The quantitative estimate of drug-likeness (QED) is 0.499. The summed E-state index contributed by atoms with van der Waals surface area (Å²) < 4.78 is 5.12. The Morgan fingerprint density at radius 1 is 1.50 bits per heavy atom. The van der Waals surface area contributed by atoms with Crippen LogP contribution in [0.4, 0.5) is 0 Å². The second-order valence-electron chi connectivity index (χ2n) is 2.89. The smallest absolute Gasteiger partial charge is 0.251 e. The van der Waals surface area contributed by atoms with Crippen molar-refractivity contribution >= 4 is 19.0 Å². The summed E-state index contributed by atoms with van der Waals surface area (Å²) in [5.41, 5.74) is 0. The molecule has 59 valence electrons. The minimum Gasteiger partial charge on any atom is -0.446 e. The van der Waals surface area contributed by atoms with Gasteiger partial charge in [-0.2, -0.15) is 0 Å². The third kappa shape index (κ3) is 5.16. The van der Waals surface area contributed by atoms with Gasteiger partial charge in [-0.15, -0.1) is 0 Å². The summed E-state index contributed by atoms with van der Waals surface area (Å²) in [4.78, 5) is 3.38. The fraction of sp³-hybridized carbons (Fsp3) is 1.00. The summed E-state index contributed by atoms with van der Waals surface area (Å²) in [6.45, 7) is 7.50. The van der Waals surface area contributed by atoms with Crippen molar-refractivity contribution in [3.63, 3.8) is 0 Å². The van der Waals surface area contributed by atoms with E-state index in [1.807, 2.05) is 0 Å². The minimum atomic E-state index is -1.55. The maximum absolute atomic E-state index is 5.12. The van der Waals surface area contributed by atoms with Gasteiger partial charge in [0.25, 0.3) is 8.48 Å². The zero-order chi connectivity index (χ0) is 8.04. The Kier molecular flexibility index (Phi) is 5.24. The van der Waals surface area contributed by atoms with Gasteiger partial charge in [-0.25, -0.2) is 0 Å². The summed E-state index contributed by atoms with van der Waals surface area (Å²) in [5.74, 6) is 0. The molecule has 0 atom stereocenters. The highest BCUT2D eigenvalue weighted by Gasteiger charge is 2.18. The number of nitrogens with one attached hydrogen (secondary N) is 1. The van der Waals surface area contributed by atoms with E-state index in [9.17, 15) is 0 Å². The van der Waals surface area contributed by atoms with Crippen molar-refractivity contribution in [2.75, 3.05) is 6.54 Å². The molecule has 10 heavy (non-hydrogen) atoms. The van der Waals surface area contributed by atoms with Crippen molar-refractivity contribution in [1.82, 2.24) is 4.98 Å². The maximum atomic E-state index is 5.12. The molecule has 0 aromatic heterocycles. The third-order valence-electron chi connectivity index (χ3n) is 1.34. The molecule has 0 aliphatic heterocycles. The van der Waals surface area contributed by atoms with Crippen molar-refractivity contribution in [2.45, 2.75) is 32.9 Å². The number of unbranched alkanes of at least 4 members (excludes halogenated alkanes) is 1. The van der Waals surface area contributed by atoms with Gasteiger partial charge in [-0.3, -0.25) is 0 Å². The lowest BCUT2D eigenvalue weighted by Gasteiger charge is -2.21. The zero-order valence-corrected chi connectivity index (χ0v) is 9.03. The molecule has 2 nitrogen and oxygen atoms in total. The molecule has 0 aromatic carbocycles. The van der Waals surface area contributed by atoms with Crippen molar-refractivity contribution in [3.8, 4) is 0 Å². The Labute approximate surface area is 68.1 Å². The third-order valence-corrected chi connectivity index (χ3v) is 4.48. The van der Waals surface area contributed by atoms with Crippen LogP contribution < -0.4 is 4.98 Å². The van der Waals surface area contributed by atoms with Crippen molar-refractivity contribution in [2.24, 2.45) is 0 Å². The van der Waals surface area contributed by atoms with Crippen LogP contribution >= 0.6 is 0 Å². The fourth-order valence-corrected chi connectivity index (χ4v) is 1.67. The van der Waals surface area contributed by atoms with E-state index in [0.29, 0.717) is 0 Å². The van der Waals surface area contributed by atoms with Crippen molar-refractivity contribution < 1.29 is 4.12 Å². The van der Waals surface area contributed by atoms with Gasteiger partial charge in [0.15, 0.2) is 0 Å². The van der Waals surface area contributed by atoms with Gasteiger partial charge < -0.3 is 9.10 Å². The number of hydrogen-bond acceptors (Lipinski definition) is 2. The summed E-state index contributed by atoms with van der Waals surface area (Å²) in [6.07, 6.45) is 2.46. The van der Waals surface area contributed by atoms with Crippen LogP contribution in [-0.2, 0) is 4.12 Å². The molecule has 0 saturated heterocycles. The molecule has 0 fully saturated rings. The molecule has 0 saturated carbocycles. The second kappa shape index (κ2) is 5.06.